The fourth-order valence-electron chi connectivity index (χ4n) is 2.09. The van der Waals surface area contributed by atoms with E-state index in [-0.39, 0.29) is 12.5 Å². The summed E-state index contributed by atoms with van der Waals surface area (Å²) in [5, 5.41) is 13.5. The largest absolute Gasteiger partial charge is 0.445 e. The summed E-state index contributed by atoms with van der Waals surface area (Å²) in [5.41, 5.74) is 2.29. The van der Waals surface area contributed by atoms with Gasteiger partial charge in [0.1, 0.15) is 18.7 Å². The number of amides is 3. The van der Waals surface area contributed by atoms with Crippen molar-refractivity contribution in [3.05, 3.63) is 35.9 Å². The van der Waals surface area contributed by atoms with Crippen LogP contribution in [0, 0.1) is 5.92 Å². The third-order valence-corrected chi connectivity index (χ3v) is 3.39. The summed E-state index contributed by atoms with van der Waals surface area (Å²) in [6.45, 7) is 5.32. The van der Waals surface area contributed by atoms with Crippen LogP contribution in [-0.2, 0) is 20.9 Å². The molecule has 1 aromatic rings. The topological polar surface area (TPSA) is 117 Å². The molecule has 0 aromatic heterocycles. The van der Waals surface area contributed by atoms with E-state index in [0.29, 0.717) is 6.42 Å². The van der Waals surface area contributed by atoms with Gasteiger partial charge in [0.25, 0.3) is 5.91 Å². The average Bonchev–Trinajstić information content (AvgIpc) is 2.59. The lowest BCUT2D eigenvalue weighted by Gasteiger charge is -2.21. The molecule has 8 nitrogen and oxygen atoms in total. The van der Waals surface area contributed by atoms with E-state index >= 15 is 0 Å². The molecule has 4 N–H and O–H groups in total. The minimum absolute atomic E-state index is 0.0893. The number of alkyl carbamates (subject to hydrolysis) is 1. The third kappa shape index (κ3) is 7.67. The number of carbonyl (C=O) groups excluding carboxylic acids is 3. The fourth-order valence-corrected chi connectivity index (χ4v) is 2.09. The molecule has 1 aromatic carbocycles. The second kappa shape index (κ2) is 10.3. The van der Waals surface area contributed by atoms with Crippen LogP contribution >= 0.6 is 0 Å². The maximum atomic E-state index is 12.3. The van der Waals surface area contributed by atoms with Crippen LogP contribution in [0.4, 0.5) is 4.79 Å². The molecule has 3 amide bonds. The Morgan fingerprint density at radius 2 is 1.68 bits per heavy atom. The van der Waals surface area contributed by atoms with Crippen molar-refractivity contribution >= 4 is 17.9 Å². The Bertz CT molecular complexity index is 577. The van der Waals surface area contributed by atoms with Gasteiger partial charge >= 0.3 is 6.09 Å². The standard InChI is InChI=1S/C17H25N3O5/c1-11(2)9-14(16(22)18-12(3)15(21)20-24)19-17(23)25-10-13-7-5-4-6-8-13/h4-8,11-12,14,24H,9-10H2,1-3H3,(H,18,22)(H,19,23)(H,20,21)/t12-,14-/m0/s1. The number of rotatable bonds is 8. The molecule has 0 heterocycles. The summed E-state index contributed by atoms with van der Waals surface area (Å²) in [6, 6.07) is 7.38. The predicted octanol–water partition coefficient (Wildman–Crippen LogP) is 1.34. The highest BCUT2D eigenvalue weighted by atomic mass is 16.5. The second-order valence-corrected chi connectivity index (χ2v) is 6.09. The highest BCUT2D eigenvalue weighted by Gasteiger charge is 2.25. The molecular weight excluding hydrogens is 326 g/mol. The molecule has 0 radical (unpaired) electrons. The fraction of sp³-hybridized carbons (Fsp3) is 0.471. The van der Waals surface area contributed by atoms with Crippen LogP contribution in [0.5, 0.6) is 0 Å². The predicted molar refractivity (Wildman–Crippen MR) is 90.5 cm³/mol. The molecule has 0 saturated heterocycles. The molecule has 0 bridgehead atoms. The summed E-state index contributed by atoms with van der Waals surface area (Å²) in [5.74, 6) is -1.14. The van der Waals surface area contributed by atoms with Gasteiger partial charge in [0.05, 0.1) is 0 Å². The van der Waals surface area contributed by atoms with E-state index in [1.54, 1.807) is 0 Å². The molecular formula is C17H25N3O5. The zero-order chi connectivity index (χ0) is 18.8. The van der Waals surface area contributed by atoms with Crippen molar-refractivity contribution in [3.8, 4) is 0 Å². The zero-order valence-corrected chi connectivity index (χ0v) is 14.6. The monoisotopic (exact) mass is 351 g/mol. The number of hydrogen-bond acceptors (Lipinski definition) is 5. The first-order valence-corrected chi connectivity index (χ1v) is 8.05. The molecule has 0 fully saturated rings. The molecule has 138 valence electrons. The van der Waals surface area contributed by atoms with E-state index in [0.717, 1.165) is 5.56 Å². The van der Waals surface area contributed by atoms with Gasteiger partial charge in [-0.05, 0) is 24.8 Å². The van der Waals surface area contributed by atoms with Gasteiger partial charge in [0, 0.05) is 0 Å². The maximum absolute atomic E-state index is 12.3. The molecule has 2 atom stereocenters. The Labute approximate surface area is 146 Å². The molecule has 0 aliphatic heterocycles. The first-order chi connectivity index (χ1) is 11.8. The summed E-state index contributed by atoms with van der Waals surface area (Å²) >= 11 is 0. The van der Waals surface area contributed by atoms with Crippen LogP contribution in [0.1, 0.15) is 32.8 Å². The lowest BCUT2D eigenvalue weighted by atomic mass is 10.0. The first kappa shape index (κ1) is 20.4. The Balaban J connectivity index is 2.60. The van der Waals surface area contributed by atoms with Crippen molar-refractivity contribution in [3.63, 3.8) is 0 Å². The van der Waals surface area contributed by atoms with Crippen LogP contribution in [0.3, 0.4) is 0 Å². The number of ether oxygens (including phenoxy) is 1. The van der Waals surface area contributed by atoms with E-state index in [4.69, 9.17) is 9.94 Å². The van der Waals surface area contributed by atoms with Crippen LogP contribution in [-0.4, -0.2) is 35.2 Å². The number of benzene rings is 1. The molecule has 0 unspecified atom stereocenters. The lowest BCUT2D eigenvalue weighted by molar-refractivity contribution is -0.134. The van der Waals surface area contributed by atoms with E-state index in [9.17, 15) is 14.4 Å². The lowest BCUT2D eigenvalue weighted by Crippen LogP contribution is -2.52. The van der Waals surface area contributed by atoms with E-state index in [1.807, 2.05) is 44.2 Å². The molecule has 8 heteroatoms. The van der Waals surface area contributed by atoms with Crippen molar-refractivity contribution in [2.24, 2.45) is 5.92 Å². The summed E-state index contributed by atoms with van der Waals surface area (Å²) in [7, 11) is 0. The zero-order valence-electron chi connectivity index (χ0n) is 14.6. The second-order valence-electron chi connectivity index (χ2n) is 6.09. The van der Waals surface area contributed by atoms with Crippen LogP contribution in [0.25, 0.3) is 0 Å². The first-order valence-electron chi connectivity index (χ1n) is 8.05. The normalized spacial score (nSPS) is 12.8. The highest BCUT2D eigenvalue weighted by Crippen LogP contribution is 2.07. The van der Waals surface area contributed by atoms with E-state index in [1.165, 1.54) is 12.4 Å². The Morgan fingerprint density at radius 1 is 1.04 bits per heavy atom. The number of nitrogens with one attached hydrogen (secondary N) is 3. The van der Waals surface area contributed by atoms with Gasteiger partial charge in [-0.1, -0.05) is 44.2 Å². The third-order valence-electron chi connectivity index (χ3n) is 3.39. The molecule has 0 aliphatic rings. The highest BCUT2D eigenvalue weighted by molar-refractivity contribution is 5.90. The van der Waals surface area contributed by atoms with Crippen molar-refractivity contribution in [1.82, 2.24) is 16.1 Å². The van der Waals surface area contributed by atoms with Crippen LogP contribution in [0.2, 0.25) is 0 Å². The Kier molecular flexibility index (Phi) is 8.42. The molecule has 25 heavy (non-hydrogen) atoms. The molecule has 1 rings (SSSR count). The van der Waals surface area contributed by atoms with Crippen molar-refractivity contribution in [1.29, 1.82) is 0 Å². The number of hydrogen-bond donors (Lipinski definition) is 4. The van der Waals surface area contributed by atoms with Gasteiger partial charge in [0.15, 0.2) is 0 Å². The quantitative estimate of drug-likeness (QED) is 0.416. The number of hydroxylamine groups is 1. The minimum Gasteiger partial charge on any atom is -0.445 e. The average molecular weight is 351 g/mol. The number of carbonyl (C=O) groups is 3. The summed E-state index contributed by atoms with van der Waals surface area (Å²) < 4.78 is 5.11. The van der Waals surface area contributed by atoms with Gasteiger partial charge in [-0.3, -0.25) is 14.8 Å². The van der Waals surface area contributed by atoms with E-state index < -0.39 is 30.0 Å². The van der Waals surface area contributed by atoms with Gasteiger partial charge in [-0.25, -0.2) is 10.3 Å². The van der Waals surface area contributed by atoms with Crippen molar-refractivity contribution < 1.29 is 24.3 Å². The van der Waals surface area contributed by atoms with Crippen molar-refractivity contribution in [2.45, 2.75) is 45.9 Å². The minimum atomic E-state index is -0.936. The maximum Gasteiger partial charge on any atom is 0.408 e. The van der Waals surface area contributed by atoms with Gasteiger partial charge in [-0.2, -0.15) is 0 Å². The Hall–Kier alpha value is -2.61. The van der Waals surface area contributed by atoms with Gasteiger partial charge < -0.3 is 15.4 Å². The summed E-state index contributed by atoms with van der Waals surface area (Å²) in [4.78, 5) is 35.5. The summed E-state index contributed by atoms with van der Waals surface area (Å²) in [6.07, 6.45) is -0.344. The van der Waals surface area contributed by atoms with Crippen LogP contribution in [0.15, 0.2) is 30.3 Å². The van der Waals surface area contributed by atoms with Gasteiger partial charge in [-0.15, -0.1) is 0 Å². The van der Waals surface area contributed by atoms with Gasteiger partial charge in [0.2, 0.25) is 5.91 Å². The molecule has 0 saturated carbocycles. The van der Waals surface area contributed by atoms with E-state index in [2.05, 4.69) is 10.6 Å². The van der Waals surface area contributed by atoms with Crippen molar-refractivity contribution in [2.75, 3.05) is 0 Å². The SMILES string of the molecule is CC(C)C[C@H](NC(=O)OCc1ccccc1)C(=O)N[C@@H](C)C(=O)NO. The molecule has 0 spiro atoms. The van der Waals surface area contributed by atoms with Crippen LogP contribution < -0.4 is 16.1 Å². The Morgan fingerprint density at radius 3 is 2.24 bits per heavy atom. The smallest absolute Gasteiger partial charge is 0.408 e. The molecule has 0 aliphatic carbocycles.